The maximum absolute atomic E-state index is 12.4. The number of carbonyl (C=O) groups excluding carboxylic acids is 2. The molecule has 0 unspecified atom stereocenters. The van der Waals surface area contributed by atoms with Crippen molar-refractivity contribution in [3.8, 4) is 5.75 Å². The first-order valence-corrected chi connectivity index (χ1v) is 9.15. The molecule has 1 N–H and O–H groups in total. The normalized spacial score (nSPS) is 11.7. The molecule has 0 bridgehead atoms. The Morgan fingerprint density at radius 1 is 1.14 bits per heavy atom. The summed E-state index contributed by atoms with van der Waals surface area (Å²) in [5.41, 5.74) is 0.751. The highest BCUT2D eigenvalue weighted by Gasteiger charge is 2.19. The molecule has 0 saturated heterocycles. The zero-order valence-corrected chi connectivity index (χ0v) is 16.1. The second-order valence-corrected chi connectivity index (χ2v) is 6.27. The van der Waals surface area contributed by atoms with Crippen molar-refractivity contribution in [2.24, 2.45) is 0 Å². The number of para-hydroxylation sites is 1. The van der Waals surface area contributed by atoms with E-state index in [4.69, 9.17) is 9.47 Å². The van der Waals surface area contributed by atoms with Crippen molar-refractivity contribution in [1.82, 2.24) is 9.55 Å². The summed E-state index contributed by atoms with van der Waals surface area (Å²) in [6, 6.07) is 13.7. The van der Waals surface area contributed by atoms with Crippen LogP contribution in [0.25, 0.3) is 10.9 Å². The SMILES string of the molecule is CCOc1ccc(NC(=O)[C@H](C)OC(=O)Cn2cnc3ccccc3c2=O)cc1. The molecule has 0 aliphatic heterocycles. The predicted octanol–water partition coefficient (Wildman–Crippen LogP) is 2.37. The van der Waals surface area contributed by atoms with Gasteiger partial charge in [0.05, 0.1) is 23.8 Å². The van der Waals surface area contributed by atoms with Gasteiger partial charge in [-0.3, -0.25) is 19.0 Å². The summed E-state index contributed by atoms with van der Waals surface area (Å²) in [6.45, 7) is 3.56. The van der Waals surface area contributed by atoms with Crippen LogP contribution < -0.4 is 15.6 Å². The van der Waals surface area contributed by atoms with Crippen LogP contribution >= 0.6 is 0 Å². The van der Waals surface area contributed by atoms with Crippen LogP contribution in [0.15, 0.2) is 59.7 Å². The Hall–Kier alpha value is -3.68. The molecule has 8 heteroatoms. The summed E-state index contributed by atoms with van der Waals surface area (Å²) >= 11 is 0. The zero-order valence-electron chi connectivity index (χ0n) is 16.1. The summed E-state index contributed by atoms with van der Waals surface area (Å²) in [5, 5.41) is 3.07. The number of benzene rings is 2. The van der Waals surface area contributed by atoms with Gasteiger partial charge in [-0.05, 0) is 50.2 Å². The highest BCUT2D eigenvalue weighted by atomic mass is 16.5. The zero-order chi connectivity index (χ0) is 20.8. The van der Waals surface area contributed by atoms with Crippen molar-refractivity contribution in [3.63, 3.8) is 0 Å². The van der Waals surface area contributed by atoms with E-state index in [1.165, 1.54) is 13.3 Å². The Morgan fingerprint density at radius 3 is 2.59 bits per heavy atom. The molecule has 0 aliphatic carbocycles. The molecule has 0 fully saturated rings. The molecule has 150 valence electrons. The van der Waals surface area contributed by atoms with Gasteiger partial charge in [0.2, 0.25) is 0 Å². The average Bonchev–Trinajstić information content (AvgIpc) is 2.72. The van der Waals surface area contributed by atoms with Gasteiger partial charge >= 0.3 is 5.97 Å². The van der Waals surface area contributed by atoms with Crippen LogP contribution in [0.4, 0.5) is 5.69 Å². The lowest BCUT2D eigenvalue weighted by Gasteiger charge is -2.14. The fraction of sp³-hybridized carbons (Fsp3) is 0.238. The Kier molecular flexibility index (Phi) is 6.23. The van der Waals surface area contributed by atoms with Gasteiger partial charge in [-0.1, -0.05) is 12.1 Å². The number of nitrogens with zero attached hydrogens (tertiary/aromatic N) is 2. The minimum absolute atomic E-state index is 0.336. The van der Waals surface area contributed by atoms with Gasteiger partial charge in [0.25, 0.3) is 11.5 Å². The number of carbonyl (C=O) groups is 2. The van der Waals surface area contributed by atoms with Gasteiger partial charge in [-0.2, -0.15) is 0 Å². The number of hydrogen-bond donors (Lipinski definition) is 1. The van der Waals surface area contributed by atoms with E-state index in [2.05, 4.69) is 10.3 Å². The van der Waals surface area contributed by atoms with Gasteiger partial charge in [-0.15, -0.1) is 0 Å². The van der Waals surface area contributed by atoms with Crippen LogP contribution in [0.1, 0.15) is 13.8 Å². The molecule has 1 atom stereocenters. The minimum atomic E-state index is -1.03. The monoisotopic (exact) mass is 395 g/mol. The topological polar surface area (TPSA) is 99.5 Å². The number of aromatic nitrogens is 2. The van der Waals surface area contributed by atoms with Gasteiger partial charge in [0, 0.05) is 5.69 Å². The molecule has 29 heavy (non-hydrogen) atoms. The molecular formula is C21H21N3O5. The maximum Gasteiger partial charge on any atom is 0.326 e. The standard InChI is InChI=1S/C21H21N3O5/c1-3-28-16-10-8-15(9-11-16)23-20(26)14(2)29-19(25)12-24-13-22-18-7-5-4-6-17(18)21(24)27/h4-11,13-14H,3,12H2,1-2H3,(H,23,26)/t14-/m0/s1. The van der Waals surface area contributed by atoms with Crippen molar-refractivity contribution in [2.45, 2.75) is 26.5 Å². The lowest BCUT2D eigenvalue weighted by Crippen LogP contribution is -2.33. The van der Waals surface area contributed by atoms with E-state index in [9.17, 15) is 14.4 Å². The van der Waals surface area contributed by atoms with Crippen molar-refractivity contribution in [3.05, 3.63) is 65.2 Å². The summed E-state index contributed by atoms with van der Waals surface area (Å²) in [4.78, 5) is 41.0. The third kappa shape index (κ3) is 4.98. The van der Waals surface area contributed by atoms with Gasteiger partial charge in [-0.25, -0.2) is 4.98 Å². The second kappa shape index (κ2) is 9.01. The first-order valence-electron chi connectivity index (χ1n) is 9.15. The van der Waals surface area contributed by atoms with Crippen molar-refractivity contribution in [2.75, 3.05) is 11.9 Å². The molecule has 2 aromatic carbocycles. The van der Waals surface area contributed by atoms with Crippen LogP contribution in [-0.4, -0.2) is 34.1 Å². The molecule has 3 aromatic rings. The molecule has 0 saturated carbocycles. The number of hydrogen-bond acceptors (Lipinski definition) is 6. The quantitative estimate of drug-likeness (QED) is 0.617. The second-order valence-electron chi connectivity index (χ2n) is 6.27. The predicted molar refractivity (Wildman–Crippen MR) is 108 cm³/mol. The van der Waals surface area contributed by atoms with E-state index >= 15 is 0 Å². The number of fused-ring (bicyclic) bond motifs is 1. The third-order valence-electron chi connectivity index (χ3n) is 4.14. The molecule has 0 spiro atoms. The number of amides is 1. The highest BCUT2D eigenvalue weighted by molar-refractivity contribution is 5.95. The van der Waals surface area contributed by atoms with E-state index in [0.29, 0.717) is 28.9 Å². The largest absolute Gasteiger partial charge is 0.494 e. The summed E-state index contributed by atoms with van der Waals surface area (Å²) in [7, 11) is 0. The van der Waals surface area contributed by atoms with Crippen LogP contribution in [0.5, 0.6) is 5.75 Å². The maximum atomic E-state index is 12.4. The van der Waals surface area contributed by atoms with E-state index < -0.39 is 18.0 Å². The molecule has 0 aliphatic rings. The van der Waals surface area contributed by atoms with Crippen molar-refractivity contribution in [1.29, 1.82) is 0 Å². The summed E-state index contributed by atoms with van der Waals surface area (Å²) < 4.78 is 11.7. The van der Waals surface area contributed by atoms with Crippen LogP contribution in [0.3, 0.4) is 0 Å². The van der Waals surface area contributed by atoms with Crippen LogP contribution in [0, 0.1) is 0 Å². The van der Waals surface area contributed by atoms with Gasteiger partial charge in [0.1, 0.15) is 12.3 Å². The fourth-order valence-electron chi connectivity index (χ4n) is 2.69. The van der Waals surface area contributed by atoms with E-state index in [1.54, 1.807) is 48.5 Å². The number of rotatable bonds is 7. The Morgan fingerprint density at radius 2 is 1.86 bits per heavy atom. The fourth-order valence-corrected chi connectivity index (χ4v) is 2.69. The molecular weight excluding hydrogens is 374 g/mol. The first-order chi connectivity index (χ1) is 14.0. The molecule has 1 amide bonds. The van der Waals surface area contributed by atoms with E-state index in [-0.39, 0.29) is 12.1 Å². The molecule has 1 heterocycles. The minimum Gasteiger partial charge on any atom is -0.494 e. The van der Waals surface area contributed by atoms with Crippen LogP contribution in [0.2, 0.25) is 0 Å². The molecule has 1 aromatic heterocycles. The third-order valence-corrected chi connectivity index (χ3v) is 4.14. The van der Waals surface area contributed by atoms with Gasteiger partial charge < -0.3 is 14.8 Å². The number of esters is 1. The number of nitrogens with one attached hydrogen (secondary N) is 1. The summed E-state index contributed by atoms with van der Waals surface area (Å²) in [6.07, 6.45) is 0.259. The molecule has 3 rings (SSSR count). The summed E-state index contributed by atoms with van der Waals surface area (Å²) in [5.74, 6) is -0.496. The van der Waals surface area contributed by atoms with Crippen LogP contribution in [-0.2, 0) is 20.9 Å². The number of anilines is 1. The highest BCUT2D eigenvalue weighted by Crippen LogP contribution is 2.16. The van der Waals surface area contributed by atoms with Crippen molar-refractivity contribution >= 4 is 28.5 Å². The smallest absolute Gasteiger partial charge is 0.326 e. The Labute approximate surface area is 167 Å². The number of ether oxygens (including phenoxy) is 2. The first kappa shape index (κ1) is 20.1. The van der Waals surface area contributed by atoms with Gasteiger partial charge in [0.15, 0.2) is 6.10 Å². The van der Waals surface area contributed by atoms with E-state index in [0.717, 1.165) is 4.57 Å². The lowest BCUT2D eigenvalue weighted by atomic mass is 10.2. The Balaban J connectivity index is 1.59. The van der Waals surface area contributed by atoms with Crippen molar-refractivity contribution < 1.29 is 19.1 Å². The lowest BCUT2D eigenvalue weighted by molar-refractivity contribution is -0.153. The molecule has 8 nitrogen and oxygen atoms in total. The Bertz CT molecular complexity index is 1080. The molecule has 0 radical (unpaired) electrons. The van der Waals surface area contributed by atoms with E-state index in [1.807, 2.05) is 6.92 Å². The average molecular weight is 395 g/mol.